The van der Waals surface area contributed by atoms with Crippen LogP contribution in [0.4, 0.5) is 15.8 Å². The molecule has 1 aliphatic rings. The van der Waals surface area contributed by atoms with Gasteiger partial charge in [-0.1, -0.05) is 0 Å². The summed E-state index contributed by atoms with van der Waals surface area (Å²) in [6, 6.07) is 3.99. The molecular formula is C12H16FN3O. The van der Waals surface area contributed by atoms with Gasteiger partial charge >= 0.3 is 0 Å². The van der Waals surface area contributed by atoms with Crippen molar-refractivity contribution in [1.29, 1.82) is 0 Å². The highest BCUT2D eigenvalue weighted by Gasteiger charge is 2.31. The molecule has 0 bridgehead atoms. The molecule has 5 heteroatoms. The number of hydrogen-bond donors (Lipinski definition) is 2. The lowest BCUT2D eigenvalue weighted by Gasteiger charge is -2.26. The molecule has 4 nitrogen and oxygen atoms in total. The molecule has 1 aromatic rings. The van der Waals surface area contributed by atoms with Crippen LogP contribution in [0.5, 0.6) is 0 Å². The molecule has 2 rings (SSSR count). The number of hydrogen-bond acceptors (Lipinski definition) is 3. The smallest absolute Gasteiger partial charge is 0.242 e. The quantitative estimate of drug-likeness (QED) is 0.758. The first kappa shape index (κ1) is 11.7. The number of anilines is 2. The summed E-state index contributed by atoms with van der Waals surface area (Å²) in [5.74, 6) is -0.386. The molecule has 1 saturated heterocycles. The summed E-state index contributed by atoms with van der Waals surface area (Å²) < 4.78 is 13.2. The van der Waals surface area contributed by atoms with E-state index in [-0.39, 0.29) is 17.8 Å². The van der Waals surface area contributed by atoms with E-state index in [1.165, 1.54) is 18.2 Å². The van der Waals surface area contributed by atoms with E-state index in [4.69, 9.17) is 5.73 Å². The van der Waals surface area contributed by atoms with Crippen molar-refractivity contribution in [2.75, 3.05) is 24.2 Å². The SMILES string of the molecule is CNC(=O)C1CCCN1c1cc(F)ccc1N. The summed E-state index contributed by atoms with van der Waals surface area (Å²) in [5.41, 5.74) is 6.94. The third-order valence-corrected chi connectivity index (χ3v) is 3.10. The van der Waals surface area contributed by atoms with Gasteiger partial charge < -0.3 is 16.0 Å². The topological polar surface area (TPSA) is 58.4 Å². The Morgan fingerprint density at radius 2 is 2.35 bits per heavy atom. The molecule has 1 atom stereocenters. The van der Waals surface area contributed by atoms with Crippen LogP contribution < -0.4 is 16.0 Å². The Hall–Kier alpha value is -1.78. The van der Waals surface area contributed by atoms with Gasteiger partial charge in [-0.15, -0.1) is 0 Å². The minimum atomic E-state index is -0.336. The van der Waals surface area contributed by atoms with E-state index in [0.717, 1.165) is 19.4 Å². The van der Waals surface area contributed by atoms with Crippen LogP contribution in [0.1, 0.15) is 12.8 Å². The number of halogens is 1. The van der Waals surface area contributed by atoms with E-state index in [1.54, 1.807) is 7.05 Å². The van der Waals surface area contributed by atoms with Crippen LogP contribution in [0, 0.1) is 5.82 Å². The lowest BCUT2D eigenvalue weighted by atomic mass is 10.2. The average molecular weight is 237 g/mol. The second kappa shape index (κ2) is 4.61. The monoisotopic (exact) mass is 237 g/mol. The second-order valence-electron chi connectivity index (χ2n) is 4.17. The summed E-state index contributed by atoms with van der Waals surface area (Å²) in [7, 11) is 1.60. The van der Waals surface area contributed by atoms with Crippen molar-refractivity contribution in [3.05, 3.63) is 24.0 Å². The largest absolute Gasteiger partial charge is 0.397 e. The molecule has 0 saturated carbocycles. The first-order valence-electron chi connectivity index (χ1n) is 5.66. The van der Waals surface area contributed by atoms with Crippen molar-refractivity contribution in [3.8, 4) is 0 Å². The predicted molar refractivity (Wildman–Crippen MR) is 65.2 cm³/mol. The molecule has 0 radical (unpaired) electrons. The van der Waals surface area contributed by atoms with Crippen molar-refractivity contribution in [3.63, 3.8) is 0 Å². The number of nitrogens with zero attached hydrogens (tertiary/aromatic N) is 1. The van der Waals surface area contributed by atoms with Gasteiger partial charge in [0, 0.05) is 13.6 Å². The van der Waals surface area contributed by atoms with Gasteiger partial charge in [0.05, 0.1) is 11.4 Å². The Morgan fingerprint density at radius 1 is 1.59 bits per heavy atom. The van der Waals surface area contributed by atoms with Gasteiger partial charge in [0.2, 0.25) is 5.91 Å². The summed E-state index contributed by atoms with van der Waals surface area (Å²) in [6.45, 7) is 0.728. The molecular weight excluding hydrogens is 221 g/mol. The highest BCUT2D eigenvalue weighted by atomic mass is 19.1. The molecule has 1 fully saturated rings. The minimum absolute atomic E-state index is 0.0499. The van der Waals surface area contributed by atoms with Gasteiger partial charge in [0.25, 0.3) is 0 Å². The maximum atomic E-state index is 13.2. The third kappa shape index (κ3) is 2.18. The number of nitrogen functional groups attached to an aromatic ring is 1. The summed E-state index contributed by atoms with van der Waals surface area (Å²) in [5, 5.41) is 2.63. The predicted octanol–water partition coefficient (Wildman–Crippen LogP) is 1.12. The number of amides is 1. The van der Waals surface area contributed by atoms with Crippen LogP contribution in [0.25, 0.3) is 0 Å². The van der Waals surface area contributed by atoms with E-state index in [9.17, 15) is 9.18 Å². The van der Waals surface area contributed by atoms with Gasteiger partial charge in [-0.2, -0.15) is 0 Å². The second-order valence-corrected chi connectivity index (χ2v) is 4.17. The van der Waals surface area contributed by atoms with Gasteiger partial charge in [-0.05, 0) is 31.0 Å². The number of carbonyl (C=O) groups is 1. The molecule has 1 amide bonds. The number of likely N-dealkylation sites (N-methyl/N-ethyl adjacent to an activating group) is 1. The Morgan fingerprint density at radius 3 is 3.06 bits per heavy atom. The zero-order valence-corrected chi connectivity index (χ0v) is 9.74. The highest BCUT2D eigenvalue weighted by Crippen LogP contribution is 2.31. The number of nitrogens with two attached hydrogens (primary N) is 1. The fraction of sp³-hybridized carbons (Fsp3) is 0.417. The van der Waals surface area contributed by atoms with Gasteiger partial charge in [-0.3, -0.25) is 4.79 Å². The average Bonchev–Trinajstić information content (AvgIpc) is 2.80. The number of rotatable bonds is 2. The molecule has 1 unspecified atom stereocenters. The maximum absolute atomic E-state index is 13.2. The zero-order chi connectivity index (χ0) is 12.4. The van der Waals surface area contributed by atoms with Crippen LogP contribution in [-0.4, -0.2) is 25.5 Å². The lowest BCUT2D eigenvalue weighted by molar-refractivity contribution is -0.121. The Kier molecular flexibility index (Phi) is 3.17. The van der Waals surface area contributed by atoms with E-state index in [0.29, 0.717) is 11.4 Å². The van der Waals surface area contributed by atoms with Crippen molar-refractivity contribution in [2.45, 2.75) is 18.9 Å². The van der Waals surface area contributed by atoms with Crippen LogP contribution in [0.15, 0.2) is 18.2 Å². The molecule has 1 heterocycles. The lowest BCUT2D eigenvalue weighted by Crippen LogP contribution is -2.42. The maximum Gasteiger partial charge on any atom is 0.242 e. The fourth-order valence-corrected chi connectivity index (χ4v) is 2.26. The number of benzene rings is 1. The zero-order valence-electron chi connectivity index (χ0n) is 9.74. The third-order valence-electron chi connectivity index (χ3n) is 3.10. The summed E-state index contributed by atoms with van der Waals surface area (Å²) >= 11 is 0. The standard InChI is InChI=1S/C12H16FN3O/c1-15-12(17)10-3-2-6-16(10)11-7-8(13)4-5-9(11)14/h4-5,7,10H,2-3,6,14H2,1H3,(H,15,17). The van der Waals surface area contributed by atoms with Crippen molar-refractivity contribution >= 4 is 17.3 Å². The normalized spacial score (nSPS) is 19.4. The molecule has 17 heavy (non-hydrogen) atoms. The molecule has 1 aliphatic heterocycles. The Labute approximate surface area is 99.6 Å². The fourth-order valence-electron chi connectivity index (χ4n) is 2.26. The first-order valence-corrected chi connectivity index (χ1v) is 5.66. The molecule has 92 valence electrons. The van der Waals surface area contributed by atoms with Gasteiger partial charge in [0.1, 0.15) is 11.9 Å². The molecule has 0 spiro atoms. The minimum Gasteiger partial charge on any atom is -0.397 e. The van der Waals surface area contributed by atoms with Gasteiger partial charge in [-0.25, -0.2) is 4.39 Å². The molecule has 0 aromatic heterocycles. The number of nitrogens with one attached hydrogen (secondary N) is 1. The van der Waals surface area contributed by atoms with Crippen molar-refractivity contribution < 1.29 is 9.18 Å². The Bertz CT molecular complexity index is 436. The Balaban J connectivity index is 2.32. The van der Waals surface area contributed by atoms with E-state index >= 15 is 0 Å². The number of carbonyl (C=O) groups excluding carboxylic acids is 1. The summed E-state index contributed by atoms with van der Waals surface area (Å²) in [6.07, 6.45) is 1.68. The van der Waals surface area contributed by atoms with E-state index in [2.05, 4.69) is 5.32 Å². The van der Waals surface area contributed by atoms with Crippen LogP contribution in [0.2, 0.25) is 0 Å². The molecule has 0 aliphatic carbocycles. The first-order chi connectivity index (χ1) is 8.13. The van der Waals surface area contributed by atoms with Crippen LogP contribution in [0.3, 0.4) is 0 Å². The summed E-state index contributed by atoms with van der Waals surface area (Å²) in [4.78, 5) is 13.6. The van der Waals surface area contributed by atoms with Crippen molar-refractivity contribution in [1.82, 2.24) is 5.32 Å². The van der Waals surface area contributed by atoms with E-state index in [1.807, 2.05) is 4.90 Å². The van der Waals surface area contributed by atoms with E-state index < -0.39 is 0 Å². The molecule has 3 N–H and O–H groups in total. The van der Waals surface area contributed by atoms with Crippen LogP contribution in [-0.2, 0) is 4.79 Å². The highest BCUT2D eigenvalue weighted by molar-refractivity contribution is 5.87. The van der Waals surface area contributed by atoms with Crippen molar-refractivity contribution in [2.24, 2.45) is 0 Å². The van der Waals surface area contributed by atoms with Gasteiger partial charge in [0.15, 0.2) is 0 Å². The van der Waals surface area contributed by atoms with Crippen LogP contribution >= 0.6 is 0 Å². The molecule has 1 aromatic carbocycles.